The monoisotopic (exact) mass is 250 g/mol. The van der Waals surface area contributed by atoms with Crippen LogP contribution in [-0.2, 0) is 11.3 Å². The largest absolute Gasteiger partial charge is 0.392 e. The second-order valence-corrected chi connectivity index (χ2v) is 3.39. The number of alkyl halides is 2. The Labute approximate surface area is 101 Å². The molecule has 0 aliphatic carbocycles. The minimum atomic E-state index is 0.140. The van der Waals surface area contributed by atoms with Crippen LogP contribution in [0.3, 0.4) is 0 Å². The van der Waals surface area contributed by atoms with E-state index in [0.717, 1.165) is 5.56 Å². The first-order chi connectivity index (χ1) is 7.35. The molecule has 1 N–H and O–H groups in total. The predicted octanol–water partition coefficient (Wildman–Crippen LogP) is 2.66. The Kier molecular flexibility index (Phi) is 11.6. The molecule has 0 amide bonds. The van der Waals surface area contributed by atoms with E-state index in [1.54, 1.807) is 0 Å². The van der Waals surface area contributed by atoms with Gasteiger partial charge in [-0.25, -0.2) is 0 Å². The van der Waals surface area contributed by atoms with Crippen molar-refractivity contribution in [1.29, 1.82) is 0 Å². The van der Waals surface area contributed by atoms with Gasteiger partial charge in [0, 0.05) is 11.8 Å². The fraction of sp³-hybridized carbons (Fsp3) is 0.455. The van der Waals surface area contributed by atoms with Crippen LogP contribution in [-0.4, -0.2) is 30.1 Å². The number of aliphatic hydroxyl groups is 1. The Morgan fingerprint density at radius 2 is 1.53 bits per heavy atom. The maximum Gasteiger partial charge on any atom is 0.0681 e. The molecule has 0 aliphatic heterocycles. The third-order valence-electron chi connectivity index (χ3n) is 1.47. The van der Waals surface area contributed by atoms with Crippen LogP contribution in [0.25, 0.3) is 0 Å². The predicted molar refractivity (Wildman–Crippen MR) is 64.6 cm³/mol. The Balaban J connectivity index is 0.000000265. The molecule has 0 heterocycles. The topological polar surface area (TPSA) is 29.5 Å². The molecule has 0 bridgehead atoms. The lowest BCUT2D eigenvalue weighted by Gasteiger charge is -1.93. The molecule has 0 spiro atoms. The van der Waals surface area contributed by atoms with Crippen molar-refractivity contribution >= 4 is 23.2 Å². The van der Waals surface area contributed by atoms with Crippen LogP contribution in [0.1, 0.15) is 5.56 Å². The van der Waals surface area contributed by atoms with E-state index in [-0.39, 0.29) is 6.61 Å². The summed E-state index contributed by atoms with van der Waals surface area (Å²) >= 11 is 10.5. The lowest BCUT2D eigenvalue weighted by molar-refractivity contribution is 0.165. The summed E-state index contributed by atoms with van der Waals surface area (Å²) in [7, 11) is 0. The van der Waals surface area contributed by atoms with Crippen LogP contribution >= 0.6 is 23.2 Å². The number of halogens is 2. The highest BCUT2D eigenvalue weighted by atomic mass is 35.5. The van der Waals surface area contributed by atoms with Gasteiger partial charge in [0.25, 0.3) is 0 Å². The average molecular weight is 251 g/mol. The highest BCUT2D eigenvalue weighted by molar-refractivity contribution is 6.18. The van der Waals surface area contributed by atoms with Gasteiger partial charge in [-0.1, -0.05) is 30.3 Å². The van der Waals surface area contributed by atoms with Gasteiger partial charge in [0.15, 0.2) is 0 Å². The van der Waals surface area contributed by atoms with Gasteiger partial charge in [-0.15, -0.1) is 23.2 Å². The van der Waals surface area contributed by atoms with Gasteiger partial charge in [-0.3, -0.25) is 0 Å². The number of hydrogen-bond acceptors (Lipinski definition) is 2. The van der Waals surface area contributed by atoms with Crippen LogP contribution < -0.4 is 0 Å². The third kappa shape index (κ3) is 10.0. The zero-order chi connectivity index (χ0) is 11.4. The summed E-state index contributed by atoms with van der Waals surface area (Å²) in [6.45, 7) is 1.35. The molecule has 0 saturated carbocycles. The van der Waals surface area contributed by atoms with Crippen LogP contribution in [0.2, 0.25) is 0 Å². The molecule has 86 valence electrons. The molecule has 0 aromatic heterocycles. The summed E-state index contributed by atoms with van der Waals surface area (Å²) in [5, 5.41) is 8.54. The van der Waals surface area contributed by atoms with Gasteiger partial charge >= 0.3 is 0 Å². The molecule has 15 heavy (non-hydrogen) atoms. The van der Waals surface area contributed by atoms with E-state index in [4.69, 9.17) is 33.0 Å². The number of benzene rings is 1. The molecular formula is C11H16Cl2O2. The number of aliphatic hydroxyl groups excluding tert-OH is 1. The fourth-order valence-corrected chi connectivity index (χ4v) is 1.01. The Hall–Kier alpha value is -0.280. The van der Waals surface area contributed by atoms with E-state index in [0.29, 0.717) is 25.0 Å². The van der Waals surface area contributed by atoms with Gasteiger partial charge in [0.2, 0.25) is 0 Å². The van der Waals surface area contributed by atoms with Crippen molar-refractivity contribution in [2.45, 2.75) is 6.61 Å². The van der Waals surface area contributed by atoms with Crippen molar-refractivity contribution in [2.75, 3.05) is 25.0 Å². The maximum absolute atomic E-state index is 8.54. The van der Waals surface area contributed by atoms with E-state index in [2.05, 4.69) is 0 Å². The first-order valence-corrected chi connectivity index (χ1v) is 5.76. The summed E-state index contributed by atoms with van der Waals surface area (Å²) < 4.78 is 4.87. The zero-order valence-corrected chi connectivity index (χ0v) is 10.0. The van der Waals surface area contributed by atoms with Crippen molar-refractivity contribution in [3.05, 3.63) is 35.9 Å². The molecule has 1 aromatic carbocycles. The standard InChI is InChI=1S/C7H8O.C4H8Cl2O/c8-6-7-4-2-1-3-5-7;5-1-3-7-4-2-6/h1-5,8H,6H2;1-4H2. The van der Waals surface area contributed by atoms with Crippen LogP contribution in [0.15, 0.2) is 30.3 Å². The lowest BCUT2D eigenvalue weighted by atomic mass is 10.2. The Morgan fingerprint density at radius 3 is 1.87 bits per heavy atom. The smallest absolute Gasteiger partial charge is 0.0681 e. The van der Waals surface area contributed by atoms with E-state index in [1.165, 1.54) is 0 Å². The van der Waals surface area contributed by atoms with Gasteiger partial charge in [-0.05, 0) is 5.56 Å². The first kappa shape index (κ1) is 14.7. The van der Waals surface area contributed by atoms with E-state index in [1.807, 2.05) is 30.3 Å². The van der Waals surface area contributed by atoms with Crippen molar-refractivity contribution in [3.63, 3.8) is 0 Å². The van der Waals surface area contributed by atoms with Crippen molar-refractivity contribution in [1.82, 2.24) is 0 Å². The summed E-state index contributed by atoms with van der Waals surface area (Å²) in [5.41, 5.74) is 0.965. The van der Waals surface area contributed by atoms with E-state index >= 15 is 0 Å². The van der Waals surface area contributed by atoms with Crippen molar-refractivity contribution < 1.29 is 9.84 Å². The Bertz CT molecular complexity index is 213. The summed E-state index contributed by atoms with van der Waals surface area (Å²) in [6.07, 6.45) is 0. The van der Waals surface area contributed by atoms with Gasteiger partial charge in [0.1, 0.15) is 0 Å². The molecule has 4 heteroatoms. The van der Waals surface area contributed by atoms with Crippen molar-refractivity contribution in [3.8, 4) is 0 Å². The number of ether oxygens (including phenoxy) is 1. The zero-order valence-electron chi connectivity index (χ0n) is 8.53. The van der Waals surface area contributed by atoms with Gasteiger partial charge in [-0.2, -0.15) is 0 Å². The second-order valence-electron chi connectivity index (χ2n) is 2.63. The number of rotatable bonds is 5. The molecule has 0 aliphatic rings. The first-order valence-electron chi connectivity index (χ1n) is 4.69. The molecule has 0 unspecified atom stereocenters. The highest BCUT2D eigenvalue weighted by Crippen LogP contribution is 1.95. The summed E-state index contributed by atoms with van der Waals surface area (Å²) in [6, 6.07) is 9.52. The third-order valence-corrected chi connectivity index (χ3v) is 1.78. The highest BCUT2D eigenvalue weighted by Gasteiger charge is 1.81. The normalized spacial score (nSPS) is 9.27. The fourth-order valence-electron chi connectivity index (χ4n) is 0.795. The average Bonchev–Trinajstić information content (AvgIpc) is 2.32. The second kappa shape index (κ2) is 11.8. The molecule has 1 aromatic rings. The quantitative estimate of drug-likeness (QED) is 0.644. The van der Waals surface area contributed by atoms with Crippen molar-refractivity contribution in [2.24, 2.45) is 0 Å². The molecule has 1 rings (SSSR count). The summed E-state index contributed by atoms with van der Waals surface area (Å²) in [5.74, 6) is 1.10. The number of hydrogen-bond donors (Lipinski definition) is 1. The summed E-state index contributed by atoms with van der Waals surface area (Å²) in [4.78, 5) is 0. The molecule has 0 atom stereocenters. The van der Waals surface area contributed by atoms with Gasteiger partial charge < -0.3 is 9.84 Å². The Morgan fingerprint density at radius 1 is 1.00 bits per heavy atom. The minimum absolute atomic E-state index is 0.140. The molecular weight excluding hydrogens is 235 g/mol. The maximum atomic E-state index is 8.54. The van der Waals surface area contributed by atoms with E-state index in [9.17, 15) is 0 Å². The minimum Gasteiger partial charge on any atom is -0.392 e. The lowest BCUT2D eigenvalue weighted by Crippen LogP contribution is -1.97. The van der Waals surface area contributed by atoms with Crippen LogP contribution in [0.5, 0.6) is 0 Å². The molecule has 2 nitrogen and oxygen atoms in total. The van der Waals surface area contributed by atoms with Gasteiger partial charge in [0.05, 0.1) is 19.8 Å². The van der Waals surface area contributed by atoms with Crippen LogP contribution in [0, 0.1) is 0 Å². The molecule has 0 saturated heterocycles. The van der Waals surface area contributed by atoms with E-state index < -0.39 is 0 Å². The SMILES string of the molecule is ClCCOCCCl.OCc1ccccc1. The molecule has 0 radical (unpaired) electrons. The van der Waals surface area contributed by atoms with Crippen LogP contribution in [0.4, 0.5) is 0 Å². The molecule has 0 fully saturated rings.